The first-order chi connectivity index (χ1) is 13.1. The molecule has 0 aromatic rings. The van der Waals surface area contributed by atoms with Gasteiger partial charge in [-0.3, -0.25) is 14.4 Å². The van der Waals surface area contributed by atoms with Gasteiger partial charge in [0.05, 0.1) is 0 Å². The maximum Gasteiger partial charge on any atom is 0.303 e. The maximum absolute atomic E-state index is 12.8. The summed E-state index contributed by atoms with van der Waals surface area (Å²) < 4.78 is 4.91. The summed E-state index contributed by atoms with van der Waals surface area (Å²) in [6, 6.07) is 0. The van der Waals surface area contributed by atoms with Gasteiger partial charge < -0.3 is 9.84 Å². The fourth-order valence-electron chi connectivity index (χ4n) is 6.61. The minimum Gasteiger partial charge on any atom is -0.458 e. The SMILES string of the molecule is CC(=O)OCC(=O)[C@]1(O)CC[C@@H]2[C@@H]3CCC4=CC(=O)CC[C@@]4(C)C3=CC[C@@]21C. The highest BCUT2D eigenvalue weighted by molar-refractivity contribution is 5.92. The molecular formula is C23H30O5. The molecule has 1 N–H and O–H groups in total. The van der Waals surface area contributed by atoms with E-state index in [9.17, 15) is 19.5 Å². The number of aliphatic hydroxyl groups is 1. The van der Waals surface area contributed by atoms with Gasteiger partial charge in [0.1, 0.15) is 5.60 Å². The van der Waals surface area contributed by atoms with Gasteiger partial charge in [-0.05, 0) is 56.4 Å². The van der Waals surface area contributed by atoms with E-state index in [1.54, 1.807) is 0 Å². The summed E-state index contributed by atoms with van der Waals surface area (Å²) in [5.74, 6) is -0.0813. The molecule has 0 unspecified atom stereocenters. The van der Waals surface area contributed by atoms with Crippen molar-refractivity contribution in [2.75, 3.05) is 6.61 Å². The van der Waals surface area contributed by atoms with Gasteiger partial charge >= 0.3 is 5.97 Å². The van der Waals surface area contributed by atoms with E-state index in [1.807, 2.05) is 13.0 Å². The number of carbonyl (C=O) groups excluding carboxylic acids is 3. The predicted molar refractivity (Wildman–Crippen MR) is 103 cm³/mol. The van der Waals surface area contributed by atoms with Gasteiger partial charge in [0.2, 0.25) is 5.78 Å². The quantitative estimate of drug-likeness (QED) is 0.595. The fraction of sp³-hybridized carbons (Fsp3) is 0.696. The molecule has 5 heteroatoms. The summed E-state index contributed by atoms with van der Waals surface area (Å²) in [7, 11) is 0. The van der Waals surface area contributed by atoms with E-state index in [0.717, 1.165) is 25.7 Å². The molecule has 152 valence electrons. The van der Waals surface area contributed by atoms with Gasteiger partial charge in [0, 0.05) is 24.2 Å². The van der Waals surface area contributed by atoms with Gasteiger partial charge in [-0.15, -0.1) is 0 Å². The largest absolute Gasteiger partial charge is 0.458 e. The fourth-order valence-corrected chi connectivity index (χ4v) is 6.61. The van der Waals surface area contributed by atoms with Crippen molar-refractivity contribution in [1.29, 1.82) is 0 Å². The van der Waals surface area contributed by atoms with E-state index >= 15 is 0 Å². The number of allylic oxidation sites excluding steroid dienone is 4. The Morgan fingerprint density at radius 3 is 2.68 bits per heavy atom. The third kappa shape index (κ3) is 2.58. The van der Waals surface area contributed by atoms with E-state index in [1.165, 1.54) is 18.1 Å². The van der Waals surface area contributed by atoms with Crippen LogP contribution in [0.2, 0.25) is 0 Å². The Hall–Kier alpha value is -1.75. The average molecular weight is 386 g/mol. The molecule has 2 saturated carbocycles. The van der Waals surface area contributed by atoms with E-state index in [0.29, 0.717) is 25.2 Å². The molecule has 2 fully saturated rings. The van der Waals surface area contributed by atoms with Crippen LogP contribution in [0.1, 0.15) is 65.7 Å². The number of ether oxygens (including phenoxy) is 1. The molecule has 5 atom stereocenters. The van der Waals surface area contributed by atoms with Gasteiger partial charge in [0.15, 0.2) is 12.4 Å². The van der Waals surface area contributed by atoms with Gasteiger partial charge in [-0.1, -0.05) is 31.1 Å². The number of carbonyl (C=O) groups is 3. The first-order valence-electron chi connectivity index (χ1n) is 10.5. The predicted octanol–water partition coefficient (Wildman–Crippen LogP) is 3.30. The van der Waals surface area contributed by atoms with Crippen LogP contribution in [0, 0.1) is 22.7 Å². The Labute approximate surface area is 166 Å². The molecule has 0 amide bonds. The second kappa shape index (κ2) is 6.38. The number of esters is 1. The van der Waals surface area contributed by atoms with Crippen molar-refractivity contribution in [1.82, 2.24) is 0 Å². The van der Waals surface area contributed by atoms with Crippen molar-refractivity contribution in [2.24, 2.45) is 22.7 Å². The third-order valence-electron chi connectivity index (χ3n) is 8.36. The van der Waals surface area contributed by atoms with Crippen LogP contribution in [0.15, 0.2) is 23.3 Å². The van der Waals surface area contributed by atoms with Crippen molar-refractivity contribution < 1.29 is 24.2 Å². The normalized spacial score (nSPS) is 41.9. The number of rotatable bonds is 3. The first kappa shape index (κ1) is 19.6. The number of hydrogen-bond donors (Lipinski definition) is 1. The standard InChI is InChI=1S/C23H30O5/c1-14(24)28-13-20(26)23(27)11-8-19-17-5-4-15-12-16(25)6-9-21(15,2)18(17)7-10-22(19,23)3/h7,12,17,19,27H,4-6,8-11,13H2,1-3H3/t17-,19-,21-,22+,23-/m1/s1. The lowest BCUT2D eigenvalue weighted by atomic mass is 9.50. The van der Waals surface area contributed by atoms with Crippen molar-refractivity contribution in [3.63, 3.8) is 0 Å². The molecule has 0 bridgehead atoms. The zero-order valence-corrected chi connectivity index (χ0v) is 17.0. The zero-order chi connectivity index (χ0) is 20.3. The molecule has 0 spiro atoms. The second-order valence-corrected chi connectivity index (χ2v) is 9.60. The first-order valence-corrected chi connectivity index (χ1v) is 10.5. The van der Waals surface area contributed by atoms with Crippen LogP contribution in [0.5, 0.6) is 0 Å². The minimum atomic E-state index is -1.45. The summed E-state index contributed by atoms with van der Waals surface area (Å²) >= 11 is 0. The number of Topliss-reactive ketones (excluding diaryl/α,β-unsaturated/α-hetero) is 1. The smallest absolute Gasteiger partial charge is 0.303 e. The minimum absolute atomic E-state index is 0.0549. The Kier molecular flexibility index (Phi) is 4.46. The highest BCUT2D eigenvalue weighted by Crippen LogP contribution is 2.65. The van der Waals surface area contributed by atoms with Crippen molar-refractivity contribution in [3.8, 4) is 0 Å². The molecule has 0 aromatic carbocycles. The highest BCUT2D eigenvalue weighted by atomic mass is 16.5. The van der Waals surface area contributed by atoms with Crippen LogP contribution in [0.3, 0.4) is 0 Å². The summed E-state index contributed by atoms with van der Waals surface area (Å²) in [4.78, 5) is 35.9. The molecule has 0 aliphatic heterocycles. The summed E-state index contributed by atoms with van der Waals surface area (Å²) in [5.41, 5.74) is 0.626. The Balaban J connectivity index is 1.66. The van der Waals surface area contributed by atoms with E-state index in [-0.39, 0.29) is 29.5 Å². The maximum atomic E-state index is 12.8. The lowest BCUT2D eigenvalue weighted by Crippen LogP contribution is -2.55. The number of hydrogen-bond acceptors (Lipinski definition) is 5. The molecule has 5 nitrogen and oxygen atoms in total. The van der Waals surface area contributed by atoms with E-state index < -0.39 is 17.0 Å². The Morgan fingerprint density at radius 1 is 1.21 bits per heavy atom. The zero-order valence-electron chi connectivity index (χ0n) is 17.0. The second-order valence-electron chi connectivity index (χ2n) is 9.60. The molecule has 4 aliphatic rings. The van der Waals surface area contributed by atoms with E-state index in [4.69, 9.17) is 4.74 Å². The molecule has 0 radical (unpaired) electrons. The van der Waals surface area contributed by atoms with Crippen LogP contribution < -0.4 is 0 Å². The monoisotopic (exact) mass is 386 g/mol. The van der Waals surface area contributed by atoms with Crippen molar-refractivity contribution in [2.45, 2.75) is 71.3 Å². The molecule has 0 aromatic heterocycles. The van der Waals surface area contributed by atoms with Crippen LogP contribution in [-0.2, 0) is 19.1 Å². The van der Waals surface area contributed by atoms with Crippen LogP contribution in [0.25, 0.3) is 0 Å². The summed E-state index contributed by atoms with van der Waals surface area (Å²) in [5, 5.41) is 11.4. The molecule has 28 heavy (non-hydrogen) atoms. The lowest BCUT2D eigenvalue weighted by molar-refractivity contribution is -0.162. The highest BCUT2D eigenvalue weighted by Gasteiger charge is 2.64. The van der Waals surface area contributed by atoms with Crippen molar-refractivity contribution >= 4 is 17.5 Å². The van der Waals surface area contributed by atoms with Gasteiger partial charge in [-0.2, -0.15) is 0 Å². The topological polar surface area (TPSA) is 80.7 Å². The molecule has 4 rings (SSSR count). The average Bonchev–Trinajstić information content (AvgIpc) is 2.92. The molecule has 0 heterocycles. The van der Waals surface area contributed by atoms with Crippen LogP contribution in [-0.4, -0.2) is 34.9 Å². The molecule has 4 aliphatic carbocycles. The number of ketones is 2. The molecular weight excluding hydrogens is 356 g/mol. The Morgan fingerprint density at radius 2 is 1.96 bits per heavy atom. The van der Waals surface area contributed by atoms with Crippen molar-refractivity contribution in [3.05, 3.63) is 23.3 Å². The van der Waals surface area contributed by atoms with Crippen LogP contribution in [0.4, 0.5) is 0 Å². The van der Waals surface area contributed by atoms with Gasteiger partial charge in [0.25, 0.3) is 0 Å². The lowest BCUT2D eigenvalue weighted by Gasteiger charge is -2.54. The number of fused-ring (bicyclic) bond motifs is 5. The summed E-state index contributed by atoms with van der Waals surface area (Å²) in [6.07, 6.45) is 9.31. The van der Waals surface area contributed by atoms with Gasteiger partial charge in [-0.25, -0.2) is 0 Å². The third-order valence-corrected chi connectivity index (χ3v) is 8.36. The van der Waals surface area contributed by atoms with E-state index in [2.05, 4.69) is 13.0 Å². The molecule has 0 saturated heterocycles. The summed E-state index contributed by atoms with van der Waals surface area (Å²) in [6.45, 7) is 5.21. The van der Waals surface area contributed by atoms with Crippen LogP contribution >= 0.6 is 0 Å². The Bertz CT molecular complexity index is 808.